The first kappa shape index (κ1) is 17.3. The zero-order chi connectivity index (χ0) is 17.1. The fourth-order valence-electron chi connectivity index (χ4n) is 2.42. The molecule has 122 valence electrons. The average molecular weight is 379 g/mol. The lowest BCUT2D eigenvalue weighted by Crippen LogP contribution is -2.24. The summed E-state index contributed by atoms with van der Waals surface area (Å²) in [7, 11) is 1.61. The van der Waals surface area contributed by atoms with Crippen molar-refractivity contribution in [3.8, 4) is 11.5 Å². The number of nitrogens with one attached hydrogen (secondary N) is 1. The third-order valence-electron chi connectivity index (χ3n) is 3.62. The molecule has 1 amide bonds. The van der Waals surface area contributed by atoms with Crippen molar-refractivity contribution in [3.63, 3.8) is 0 Å². The Morgan fingerprint density at radius 3 is 2.70 bits per heavy atom. The van der Waals surface area contributed by atoms with Gasteiger partial charge in [-0.1, -0.05) is 0 Å². The molecule has 0 spiro atoms. The van der Waals surface area contributed by atoms with Crippen LogP contribution in [0.2, 0.25) is 0 Å². The van der Waals surface area contributed by atoms with E-state index < -0.39 is 0 Å². The van der Waals surface area contributed by atoms with Crippen LogP contribution in [0.15, 0.2) is 22.8 Å². The van der Waals surface area contributed by atoms with Crippen molar-refractivity contribution >= 4 is 21.8 Å². The van der Waals surface area contributed by atoms with Crippen molar-refractivity contribution in [1.82, 2.24) is 10.3 Å². The highest BCUT2D eigenvalue weighted by atomic mass is 79.9. The lowest BCUT2D eigenvalue weighted by molar-refractivity contribution is 0.0947. The Balaban J connectivity index is 2.20. The molecule has 2 rings (SSSR count). The smallest absolute Gasteiger partial charge is 0.255 e. The number of carbonyl (C=O) groups is 1. The van der Waals surface area contributed by atoms with Gasteiger partial charge in [0.1, 0.15) is 11.5 Å². The summed E-state index contributed by atoms with van der Waals surface area (Å²) >= 11 is 3.24. The summed E-state index contributed by atoms with van der Waals surface area (Å²) in [4.78, 5) is 16.7. The second-order valence-corrected chi connectivity index (χ2v) is 6.23. The molecule has 0 aliphatic heterocycles. The van der Waals surface area contributed by atoms with Gasteiger partial charge in [-0.2, -0.15) is 0 Å². The van der Waals surface area contributed by atoms with Crippen LogP contribution < -0.4 is 10.1 Å². The van der Waals surface area contributed by atoms with Crippen LogP contribution >= 0.6 is 15.9 Å². The Morgan fingerprint density at radius 1 is 1.35 bits per heavy atom. The van der Waals surface area contributed by atoms with E-state index in [0.29, 0.717) is 4.47 Å². The molecule has 2 aromatic rings. The van der Waals surface area contributed by atoms with Gasteiger partial charge < -0.3 is 15.2 Å². The van der Waals surface area contributed by atoms with E-state index in [2.05, 4.69) is 26.2 Å². The van der Waals surface area contributed by atoms with Gasteiger partial charge in [-0.15, -0.1) is 0 Å². The maximum Gasteiger partial charge on any atom is 0.255 e. The van der Waals surface area contributed by atoms with E-state index in [4.69, 9.17) is 4.74 Å². The number of pyridine rings is 1. The van der Waals surface area contributed by atoms with Crippen molar-refractivity contribution in [1.29, 1.82) is 0 Å². The number of rotatable bonds is 4. The normalized spacial score (nSPS) is 10.5. The number of nitrogens with zero attached hydrogens (tertiary/aromatic N) is 1. The summed E-state index contributed by atoms with van der Waals surface area (Å²) in [6.45, 7) is 5.94. The molecule has 0 unspecified atom stereocenters. The average Bonchev–Trinajstić information content (AvgIpc) is 2.50. The first-order valence-corrected chi connectivity index (χ1v) is 7.90. The van der Waals surface area contributed by atoms with Crippen LogP contribution in [-0.2, 0) is 6.54 Å². The van der Waals surface area contributed by atoms with Crippen LogP contribution in [-0.4, -0.2) is 23.1 Å². The molecule has 0 bridgehead atoms. The highest BCUT2D eigenvalue weighted by Gasteiger charge is 2.16. The van der Waals surface area contributed by atoms with E-state index in [1.54, 1.807) is 25.4 Å². The van der Waals surface area contributed by atoms with Gasteiger partial charge in [-0.3, -0.25) is 9.78 Å². The predicted molar refractivity (Wildman–Crippen MR) is 92.0 cm³/mol. The number of halogens is 1. The maximum absolute atomic E-state index is 12.3. The number of aromatic nitrogens is 1. The Labute approximate surface area is 143 Å². The van der Waals surface area contributed by atoms with E-state index in [1.807, 2.05) is 20.8 Å². The van der Waals surface area contributed by atoms with Gasteiger partial charge in [0.15, 0.2) is 0 Å². The zero-order valence-electron chi connectivity index (χ0n) is 13.5. The molecule has 0 saturated carbocycles. The quantitative estimate of drug-likeness (QED) is 0.854. The molecule has 0 fully saturated rings. The number of phenolic OH excluding ortho intramolecular Hbond substituents is 1. The lowest BCUT2D eigenvalue weighted by atomic mass is 10.1. The summed E-state index contributed by atoms with van der Waals surface area (Å²) in [6.07, 6.45) is 1.72. The van der Waals surface area contributed by atoms with E-state index in [1.165, 1.54) is 0 Å². The van der Waals surface area contributed by atoms with Gasteiger partial charge in [-0.25, -0.2) is 0 Å². The summed E-state index contributed by atoms with van der Waals surface area (Å²) < 4.78 is 5.85. The van der Waals surface area contributed by atoms with Crippen molar-refractivity contribution in [2.24, 2.45) is 0 Å². The number of ether oxygens (including phenoxy) is 1. The van der Waals surface area contributed by atoms with Crippen LogP contribution in [0.25, 0.3) is 0 Å². The predicted octanol–water partition coefficient (Wildman–Crippen LogP) is 3.41. The number of phenols is 1. The minimum atomic E-state index is -0.354. The summed E-state index contributed by atoms with van der Waals surface area (Å²) in [5, 5.41) is 12.8. The minimum Gasteiger partial charge on any atom is -0.506 e. The van der Waals surface area contributed by atoms with Crippen LogP contribution in [0, 0.1) is 20.8 Å². The van der Waals surface area contributed by atoms with Crippen LogP contribution in [0.3, 0.4) is 0 Å². The summed E-state index contributed by atoms with van der Waals surface area (Å²) in [5.41, 5.74) is 3.68. The van der Waals surface area contributed by atoms with Gasteiger partial charge in [0, 0.05) is 17.3 Å². The Morgan fingerprint density at radius 2 is 2.04 bits per heavy atom. The van der Waals surface area contributed by atoms with E-state index in [-0.39, 0.29) is 23.8 Å². The first-order chi connectivity index (χ1) is 10.8. The second kappa shape index (κ2) is 7.00. The Hall–Kier alpha value is -2.08. The highest BCUT2D eigenvalue weighted by Crippen LogP contribution is 2.29. The zero-order valence-corrected chi connectivity index (χ0v) is 15.1. The molecule has 23 heavy (non-hydrogen) atoms. The van der Waals surface area contributed by atoms with E-state index in [9.17, 15) is 9.90 Å². The Kier molecular flexibility index (Phi) is 5.26. The second-order valence-electron chi connectivity index (χ2n) is 5.37. The number of carbonyl (C=O) groups excluding carboxylic acids is 1. The van der Waals surface area contributed by atoms with Gasteiger partial charge >= 0.3 is 0 Å². The number of hydrogen-bond donors (Lipinski definition) is 2. The van der Waals surface area contributed by atoms with Gasteiger partial charge in [0.25, 0.3) is 5.91 Å². The van der Waals surface area contributed by atoms with Crippen molar-refractivity contribution in [2.75, 3.05) is 7.11 Å². The molecular formula is C17H19BrN2O3. The molecule has 0 saturated heterocycles. The largest absolute Gasteiger partial charge is 0.506 e. The molecule has 2 N–H and O–H groups in total. The number of methoxy groups -OCH3 is 1. The first-order valence-electron chi connectivity index (χ1n) is 7.11. The van der Waals surface area contributed by atoms with Crippen molar-refractivity contribution in [2.45, 2.75) is 27.3 Å². The lowest BCUT2D eigenvalue weighted by Gasteiger charge is -2.13. The van der Waals surface area contributed by atoms with E-state index in [0.717, 1.165) is 28.1 Å². The molecule has 0 radical (unpaired) electrons. The number of aryl methyl sites for hydroxylation is 2. The summed E-state index contributed by atoms with van der Waals surface area (Å²) in [5.74, 6) is 0.345. The van der Waals surface area contributed by atoms with Crippen LogP contribution in [0.1, 0.15) is 32.7 Å². The number of aromatic hydroxyl groups is 1. The number of amides is 1. The molecule has 0 atom stereocenters. The SMILES string of the molecule is COc1c(C)cnc(CNC(=O)c2cc(C)cc(Br)c2O)c1C. The maximum atomic E-state index is 12.3. The van der Waals surface area contributed by atoms with E-state index >= 15 is 0 Å². The molecule has 0 aliphatic rings. The highest BCUT2D eigenvalue weighted by molar-refractivity contribution is 9.10. The number of benzene rings is 1. The monoisotopic (exact) mass is 378 g/mol. The third kappa shape index (κ3) is 3.64. The fourth-order valence-corrected chi connectivity index (χ4v) is 2.99. The molecule has 0 aliphatic carbocycles. The van der Waals surface area contributed by atoms with Gasteiger partial charge in [0.2, 0.25) is 0 Å². The molecular weight excluding hydrogens is 360 g/mol. The van der Waals surface area contributed by atoms with Crippen molar-refractivity contribution in [3.05, 3.63) is 50.8 Å². The molecule has 5 nitrogen and oxygen atoms in total. The molecule has 1 aromatic heterocycles. The Bertz CT molecular complexity index is 760. The van der Waals surface area contributed by atoms with Crippen LogP contribution in [0.5, 0.6) is 11.5 Å². The number of hydrogen-bond acceptors (Lipinski definition) is 4. The van der Waals surface area contributed by atoms with Gasteiger partial charge in [0.05, 0.1) is 29.4 Å². The summed E-state index contributed by atoms with van der Waals surface area (Å²) in [6, 6.07) is 3.40. The molecule has 1 aromatic carbocycles. The molecule has 6 heteroatoms. The topological polar surface area (TPSA) is 71.5 Å². The van der Waals surface area contributed by atoms with Crippen LogP contribution in [0.4, 0.5) is 0 Å². The van der Waals surface area contributed by atoms with Gasteiger partial charge in [-0.05, 0) is 54.4 Å². The molecule has 1 heterocycles. The van der Waals surface area contributed by atoms with Crippen molar-refractivity contribution < 1.29 is 14.6 Å². The standard InChI is InChI=1S/C17H19BrN2O3/c1-9-5-12(15(21)13(18)6-9)17(22)20-8-14-11(3)16(23-4)10(2)7-19-14/h5-7,21H,8H2,1-4H3,(H,20,22). The third-order valence-corrected chi connectivity index (χ3v) is 4.22. The fraction of sp³-hybridized carbons (Fsp3) is 0.294. The minimum absolute atomic E-state index is 0.0701.